The molecule has 1 saturated heterocycles. The number of carbonyl (C=O) groups is 1. The molecule has 0 unspecified atom stereocenters. The number of ether oxygens (including phenoxy) is 2. The maximum Gasteiger partial charge on any atom is 0.335 e. The topological polar surface area (TPSA) is 89.9 Å². The molecule has 116 valence electrons. The fraction of sp³-hybridized carbons (Fsp3) is 0.500. The Labute approximate surface area is 123 Å². The van der Waals surface area contributed by atoms with E-state index in [4.69, 9.17) is 14.6 Å². The van der Waals surface area contributed by atoms with Crippen molar-refractivity contribution < 1.29 is 27.8 Å². The van der Waals surface area contributed by atoms with Crippen molar-refractivity contribution in [2.75, 3.05) is 25.6 Å². The van der Waals surface area contributed by atoms with Gasteiger partial charge in [-0.15, -0.1) is 0 Å². The first-order valence-corrected chi connectivity index (χ1v) is 8.40. The smallest absolute Gasteiger partial charge is 0.335 e. The Hall–Kier alpha value is -1.44. The molecule has 0 aromatic heterocycles. The van der Waals surface area contributed by atoms with Crippen molar-refractivity contribution >= 4 is 15.8 Å². The lowest BCUT2D eigenvalue weighted by molar-refractivity contribution is -0.0266. The Bertz CT molecular complexity index is 572. The Kier molecular flexibility index (Phi) is 5.33. The number of carboxylic acid groups (broad SMARTS) is 1. The molecule has 0 atom stereocenters. The zero-order valence-electron chi connectivity index (χ0n) is 11.5. The van der Waals surface area contributed by atoms with Gasteiger partial charge in [-0.3, -0.25) is 0 Å². The number of rotatable bonds is 6. The van der Waals surface area contributed by atoms with E-state index in [2.05, 4.69) is 0 Å². The maximum atomic E-state index is 12.1. The van der Waals surface area contributed by atoms with E-state index in [0.717, 1.165) is 12.8 Å². The normalized spacial score (nSPS) is 16.8. The number of sulfone groups is 1. The van der Waals surface area contributed by atoms with Crippen LogP contribution in [0.2, 0.25) is 0 Å². The number of carboxylic acids is 1. The lowest BCUT2D eigenvalue weighted by Gasteiger charge is -2.22. The molecule has 21 heavy (non-hydrogen) atoms. The number of hydrogen-bond donors (Lipinski definition) is 1. The van der Waals surface area contributed by atoms with Gasteiger partial charge in [0.1, 0.15) is 0 Å². The number of benzene rings is 1. The zero-order chi connectivity index (χ0) is 15.3. The number of aromatic carboxylic acids is 1. The summed E-state index contributed by atoms with van der Waals surface area (Å²) in [4.78, 5) is 10.8. The van der Waals surface area contributed by atoms with Crippen LogP contribution in [-0.2, 0) is 19.3 Å². The van der Waals surface area contributed by atoms with Crippen molar-refractivity contribution in [3.8, 4) is 0 Å². The molecule has 0 aliphatic carbocycles. The van der Waals surface area contributed by atoms with Crippen LogP contribution < -0.4 is 0 Å². The van der Waals surface area contributed by atoms with Crippen molar-refractivity contribution in [2.24, 2.45) is 0 Å². The standard InChI is InChI=1S/C14H18O6S/c15-14(16)11-1-3-13(4-2-11)21(17,18)10-9-20-12-5-7-19-8-6-12/h1-4,12H,5-10H2,(H,15,16). The van der Waals surface area contributed by atoms with Gasteiger partial charge in [0.05, 0.1) is 28.9 Å². The maximum absolute atomic E-state index is 12.1. The molecule has 1 aliphatic heterocycles. The van der Waals surface area contributed by atoms with E-state index >= 15 is 0 Å². The van der Waals surface area contributed by atoms with Crippen LogP contribution in [0.15, 0.2) is 29.2 Å². The van der Waals surface area contributed by atoms with Crippen LogP contribution in [0, 0.1) is 0 Å². The molecular formula is C14H18O6S. The summed E-state index contributed by atoms with van der Waals surface area (Å²) < 4.78 is 35.0. The molecule has 0 spiro atoms. The third-order valence-corrected chi connectivity index (χ3v) is 5.03. The van der Waals surface area contributed by atoms with Gasteiger partial charge in [0.25, 0.3) is 0 Å². The average Bonchev–Trinajstić information content (AvgIpc) is 2.48. The van der Waals surface area contributed by atoms with Crippen LogP contribution in [0.1, 0.15) is 23.2 Å². The molecule has 1 aromatic rings. The van der Waals surface area contributed by atoms with Crippen molar-refractivity contribution in [3.63, 3.8) is 0 Å². The summed E-state index contributed by atoms with van der Waals surface area (Å²) in [5.74, 6) is -1.20. The largest absolute Gasteiger partial charge is 0.478 e. The van der Waals surface area contributed by atoms with Gasteiger partial charge < -0.3 is 14.6 Å². The van der Waals surface area contributed by atoms with Gasteiger partial charge in [-0.2, -0.15) is 0 Å². The van der Waals surface area contributed by atoms with Crippen LogP contribution in [0.25, 0.3) is 0 Å². The molecule has 6 nitrogen and oxygen atoms in total. The predicted molar refractivity (Wildman–Crippen MR) is 75.2 cm³/mol. The van der Waals surface area contributed by atoms with Crippen LogP contribution in [0.4, 0.5) is 0 Å². The summed E-state index contributed by atoms with van der Waals surface area (Å²) >= 11 is 0. The van der Waals surface area contributed by atoms with E-state index in [1.807, 2.05) is 0 Å². The second kappa shape index (κ2) is 7.02. The van der Waals surface area contributed by atoms with Crippen LogP contribution in [-0.4, -0.2) is 51.2 Å². The molecule has 2 rings (SSSR count). The highest BCUT2D eigenvalue weighted by molar-refractivity contribution is 7.91. The molecule has 0 bridgehead atoms. The van der Waals surface area contributed by atoms with Gasteiger partial charge in [0.2, 0.25) is 0 Å². The van der Waals surface area contributed by atoms with E-state index in [-0.39, 0.29) is 28.9 Å². The Balaban J connectivity index is 1.90. The first-order valence-electron chi connectivity index (χ1n) is 6.74. The summed E-state index contributed by atoms with van der Waals surface area (Å²) in [6, 6.07) is 5.20. The molecule has 1 fully saturated rings. The Morgan fingerprint density at radius 2 is 1.86 bits per heavy atom. The fourth-order valence-corrected chi connectivity index (χ4v) is 3.19. The lowest BCUT2D eigenvalue weighted by Crippen LogP contribution is -2.25. The number of hydrogen-bond acceptors (Lipinski definition) is 5. The quantitative estimate of drug-likeness (QED) is 0.852. The lowest BCUT2D eigenvalue weighted by atomic mass is 10.2. The van der Waals surface area contributed by atoms with Crippen molar-refractivity contribution in [3.05, 3.63) is 29.8 Å². The molecule has 1 heterocycles. The van der Waals surface area contributed by atoms with Crippen molar-refractivity contribution in [2.45, 2.75) is 23.8 Å². The van der Waals surface area contributed by atoms with E-state index in [1.165, 1.54) is 24.3 Å². The van der Waals surface area contributed by atoms with E-state index in [0.29, 0.717) is 13.2 Å². The predicted octanol–water partition coefficient (Wildman–Crippen LogP) is 1.35. The average molecular weight is 314 g/mol. The second-order valence-electron chi connectivity index (χ2n) is 4.83. The molecule has 0 saturated carbocycles. The highest BCUT2D eigenvalue weighted by atomic mass is 32.2. The minimum absolute atomic E-state index is 0.0586. The molecular weight excluding hydrogens is 296 g/mol. The van der Waals surface area contributed by atoms with Gasteiger partial charge in [-0.05, 0) is 37.1 Å². The minimum atomic E-state index is -3.45. The van der Waals surface area contributed by atoms with E-state index < -0.39 is 15.8 Å². The molecule has 7 heteroatoms. The Morgan fingerprint density at radius 3 is 2.43 bits per heavy atom. The van der Waals surface area contributed by atoms with Crippen molar-refractivity contribution in [1.29, 1.82) is 0 Å². The van der Waals surface area contributed by atoms with Gasteiger partial charge in [-0.1, -0.05) is 0 Å². The first kappa shape index (κ1) is 15.9. The van der Waals surface area contributed by atoms with Gasteiger partial charge >= 0.3 is 5.97 Å². The van der Waals surface area contributed by atoms with Gasteiger partial charge in [0.15, 0.2) is 9.84 Å². The Morgan fingerprint density at radius 1 is 1.24 bits per heavy atom. The molecule has 1 aromatic carbocycles. The second-order valence-corrected chi connectivity index (χ2v) is 6.94. The third kappa shape index (κ3) is 4.52. The highest BCUT2D eigenvalue weighted by Crippen LogP contribution is 2.14. The summed E-state index contributed by atoms with van der Waals surface area (Å²) in [5.41, 5.74) is 0.0624. The van der Waals surface area contributed by atoms with Gasteiger partial charge in [0, 0.05) is 13.2 Å². The van der Waals surface area contributed by atoms with E-state index in [9.17, 15) is 13.2 Å². The minimum Gasteiger partial charge on any atom is -0.478 e. The van der Waals surface area contributed by atoms with Crippen LogP contribution in [0.3, 0.4) is 0 Å². The molecule has 1 N–H and O–H groups in total. The molecule has 0 amide bonds. The third-order valence-electron chi connectivity index (χ3n) is 3.33. The summed E-state index contributed by atoms with van der Waals surface area (Å²) in [7, 11) is -3.45. The monoisotopic (exact) mass is 314 g/mol. The molecule has 0 radical (unpaired) electrons. The van der Waals surface area contributed by atoms with Crippen molar-refractivity contribution in [1.82, 2.24) is 0 Å². The highest BCUT2D eigenvalue weighted by Gasteiger charge is 2.18. The van der Waals surface area contributed by atoms with E-state index in [1.54, 1.807) is 0 Å². The fourth-order valence-electron chi connectivity index (χ4n) is 2.09. The summed E-state index contributed by atoms with van der Waals surface area (Å²) in [6.07, 6.45) is 1.63. The zero-order valence-corrected chi connectivity index (χ0v) is 12.3. The van der Waals surface area contributed by atoms with Crippen LogP contribution in [0.5, 0.6) is 0 Å². The van der Waals surface area contributed by atoms with Gasteiger partial charge in [-0.25, -0.2) is 13.2 Å². The summed E-state index contributed by atoms with van der Waals surface area (Å²) in [5, 5.41) is 8.78. The summed E-state index contributed by atoms with van der Waals surface area (Å²) in [6.45, 7) is 1.43. The van der Waals surface area contributed by atoms with Crippen LogP contribution >= 0.6 is 0 Å². The first-order chi connectivity index (χ1) is 9.99. The SMILES string of the molecule is O=C(O)c1ccc(S(=O)(=O)CCOC2CCOCC2)cc1. The molecule has 1 aliphatic rings.